The molecule has 0 radical (unpaired) electrons. The van der Waals surface area contributed by atoms with Gasteiger partial charge in [0.2, 0.25) is 0 Å². The fraction of sp³-hybridized carbons (Fsp3) is 0.556. The molecule has 2 fully saturated rings. The third-order valence-corrected chi connectivity index (χ3v) is 5.43. The van der Waals surface area contributed by atoms with Gasteiger partial charge in [0.15, 0.2) is 0 Å². The predicted octanol–water partition coefficient (Wildman–Crippen LogP) is 1.30. The Morgan fingerprint density at radius 2 is 1.79 bits per heavy atom. The van der Waals surface area contributed by atoms with Gasteiger partial charge < -0.3 is 10.0 Å². The summed E-state index contributed by atoms with van der Waals surface area (Å²) in [5, 5.41) is 9.35. The topological polar surface area (TPSA) is 64.1 Å². The highest BCUT2D eigenvalue weighted by Gasteiger charge is 2.56. The molecule has 0 bridgehead atoms. The third kappa shape index (κ3) is 2.70. The highest BCUT2D eigenvalue weighted by molar-refractivity contribution is 6.06. The van der Waals surface area contributed by atoms with E-state index in [-0.39, 0.29) is 24.6 Å². The number of hydrogen-bond donors (Lipinski definition) is 1. The molecule has 1 aromatic rings. The van der Waals surface area contributed by atoms with Crippen LogP contribution in [0.15, 0.2) is 30.3 Å². The molecule has 2 heterocycles. The lowest BCUT2D eigenvalue weighted by molar-refractivity contribution is -0.135. The highest BCUT2D eigenvalue weighted by atomic mass is 16.3. The number of urea groups is 1. The van der Waals surface area contributed by atoms with Crippen LogP contribution in [0.1, 0.15) is 25.3 Å². The van der Waals surface area contributed by atoms with E-state index in [2.05, 4.69) is 4.90 Å². The van der Waals surface area contributed by atoms with Crippen LogP contribution in [0.2, 0.25) is 0 Å². The zero-order valence-electron chi connectivity index (χ0n) is 14.3. The number of carbonyl (C=O) groups excluding carboxylic acids is 2. The van der Waals surface area contributed by atoms with Crippen LogP contribution in [-0.2, 0) is 11.3 Å². The molecular weight excluding hydrogens is 306 g/mol. The number of likely N-dealkylation sites (tertiary alicyclic amines) is 1. The first-order valence-electron chi connectivity index (χ1n) is 8.48. The highest BCUT2D eigenvalue weighted by Crippen LogP contribution is 2.38. The first-order valence-corrected chi connectivity index (χ1v) is 8.48. The summed E-state index contributed by atoms with van der Waals surface area (Å²) >= 11 is 0. The van der Waals surface area contributed by atoms with E-state index in [1.807, 2.05) is 37.3 Å². The maximum atomic E-state index is 12.8. The Labute approximate surface area is 142 Å². The standard InChI is InChI=1S/C18H25N3O3/c1-14(13-22)20-10-8-18(9-11-20)16(23)19(2)17(24)21(18)12-15-6-4-3-5-7-15/h3-7,14,22H,8-13H2,1-2H3/t14-/m1/s1. The number of hydrogen-bond acceptors (Lipinski definition) is 4. The quantitative estimate of drug-likeness (QED) is 0.845. The number of rotatable bonds is 4. The number of aliphatic hydroxyl groups is 1. The second kappa shape index (κ2) is 6.53. The monoisotopic (exact) mass is 331 g/mol. The lowest BCUT2D eigenvalue weighted by Gasteiger charge is -2.43. The van der Waals surface area contributed by atoms with Gasteiger partial charge in [-0.15, -0.1) is 0 Å². The molecule has 0 saturated carbocycles. The molecule has 6 nitrogen and oxygen atoms in total. The first kappa shape index (κ1) is 16.9. The van der Waals surface area contributed by atoms with Crippen molar-refractivity contribution in [3.8, 4) is 0 Å². The minimum absolute atomic E-state index is 0.0786. The zero-order valence-corrected chi connectivity index (χ0v) is 14.3. The molecule has 6 heteroatoms. The summed E-state index contributed by atoms with van der Waals surface area (Å²) in [6, 6.07) is 9.65. The van der Waals surface area contributed by atoms with E-state index in [1.165, 1.54) is 4.90 Å². The Hall–Kier alpha value is -1.92. The van der Waals surface area contributed by atoms with Gasteiger partial charge in [0.1, 0.15) is 5.54 Å². The summed E-state index contributed by atoms with van der Waals surface area (Å²) in [6.07, 6.45) is 1.22. The van der Waals surface area contributed by atoms with Crippen LogP contribution in [0.5, 0.6) is 0 Å². The maximum absolute atomic E-state index is 12.8. The van der Waals surface area contributed by atoms with Gasteiger partial charge in [-0.3, -0.25) is 14.6 Å². The van der Waals surface area contributed by atoms with Crippen molar-refractivity contribution in [3.05, 3.63) is 35.9 Å². The molecule has 3 rings (SSSR count). The van der Waals surface area contributed by atoms with Crippen molar-refractivity contribution in [1.29, 1.82) is 0 Å². The second-order valence-electron chi connectivity index (χ2n) is 6.82. The summed E-state index contributed by atoms with van der Waals surface area (Å²) in [4.78, 5) is 30.7. The molecule has 1 N–H and O–H groups in total. The molecule has 2 aliphatic heterocycles. The van der Waals surface area contributed by atoms with Gasteiger partial charge >= 0.3 is 6.03 Å². The van der Waals surface area contributed by atoms with E-state index in [9.17, 15) is 14.7 Å². The van der Waals surface area contributed by atoms with Gasteiger partial charge in [0.05, 0.1) is 6.61 Å². The number of likely N-dealkylation sites (N-methyl/N-ethyl adjacent to an activating group) is 1. The van der Waals surface area contributed by atoms with Crippen molar-refractivity contribution >= 4 is 11.9 Å². The van der Waals surface area contributed by atoms with E-state index in [4.69, 9.17) is 0 Å². The summed E-state index contributed by atoms with van der Waals surface area (Å²) in [5.74, 6) is -0.0975. The Kier molecular flexibility index (Phi) is 4.60. The van der Waals surface area contributed by atoms with Crippen LogP contribution in [0.3, 0.4) is 0 Å². The van der Waals surface area contributed by atoms with Crippen molar-refractivity contribution in [2.45, 2.75) is 37.9 Å². The van der Waals surface area contributed by atoms with E-state index in [0.29, 0.717) is 32.5 Å². The summed E-state index contributed by atoms with van der Waals surface area (Å²) in [6.45, 7) is 3.95. The fourth-order valence-electron chi connectivity index (χ4n) is 3.80. The SMILES string of the molecule is C[C@H](CO)N1CCC2(CC1)C(=O)N(C)C(=O)N2Cc1ccccc1. The molecule has 0 aromatic heterocycles. The van der Waals surface area contributed by atoms with Crippen molar-refractivity contribution in [2.75, 3.05) is 26.7 Å². The van der Waals surface area contributed by atoms with Crippen LogP contribution in [0.4, 0.5) is 4.79 Å². The smallest absolute Gasteiger partial charge is 0.327 e. The molecule has 130 valence electrons. The van der Waals surface area contributed by atoms with Gasteiger partial charge in [-0.05, 0) is 25.3 Å². The summed E-state index contributed by atoms with van der Waals surface area (Å²) in [7, 11) is 1.57. The van der Waals surface area contributed by atoms with E-state index < -0.39 is 5.54 Å². The van der Waals surface area contributed by atoms with Gasteiger partial charge in [0, 0.05) is 32.7 Å². The molecule has 0 unspecified atom stereocenters. The molecule has 1 aromatic carbocycles. The summed E-state index contributed by atoms with van der Waals surface area (Å²) < 4.78 is 0. The largest absolute Gasteiger partial charge is 0.395 e. The Balaban J connectivity index is 1.84. The minimum atomic E-state index is -0.743. The van der Waals surface area contributed by atoms with Crippen LogP contribution < -0.4 is 0 Å². The third-order valence-electron chi connectivity index (χ3n) is 5.43. The van der Waals surface area contributed by atoms with Crippen molar-refractivity contribution in [1.82, 2.24) is 14.7 Å². The van der Waals surface area contributed by atoms with E-state index in [0.717, 1.165) is 5.56 Å². The minimum Gasteiger partial charge on any atom is -0.395 e. The van der Waals surface area contributed by atoms with Gasteiger partial charge in [0.25, 0.3) is 5.91 Å². The Morgan fingerprint density at radius 3 is 2.38 bits per heavy atom. The predicted molar refractivity (Wildman–Crippen MR) is 90.2 cm³/mol. The van der Waals surface area contributed by atoms with Gasteiger partial charge in [-0.2, -0.15) is 0 Å². The summed E-state index contributed by atoms with van der Waals surface area (Å²) in [5.41, 5.74) is 0.285. The number of aliphatic hydroxyl groups excluding tert-OH is 1. The van der Waals surface area contributed by atoms with Crippen LogP contribution in [-0.4, -0.2) is 70.1 Å². The van der Waals surface area contributed by atoms with Gasteiger partial charge in [-0.25, -0.2) is 4.79 Å². The average molecular weight is 331 g/mol. The second-order valence-corrected chi connectivity index (χ2v) is 6.82. The number of amides is 3. The molecule has 2 saturated heterocycles. The van der Waals surface area contributed by atoms with Crippen LogP contribution in [0.25, 0.3) is 0 Å². The fourth-order valence-corrected chi connectivity index (χ4v) is 3.80. The number of piperidine rings is 1. The van der Waals surface area contributed by atoms with Crippen molar-refractivity contribution in [2.24, 2.45) is 0 Å². The zero-order chi connectivity index (χ0) is 17.3. The normalized spacial score (nSPS) is 22.5. The van der Waals surface area contributed by atoms with Crippen molar-refractivity contribution < 1.29 is 14.7 Å². The Bertz CT molecular complexity index is 611. The Morgan fingerprint density at radius 1 is 1.17 bits per heavy atom. The number of benzene rings is 1. The number of imide groups is 1. The lowest BCUT2D eigenvalue weighted by Crippen LogP contribution is -2.57. The first-order chi connectivity index (χ1) is 11.5. The lowest BCUT2D eigenvalue weighted by atomic mass is 9.85. The molecule has 1 atom stereocenters. The van der Waals surface area contributed by atoms with E-state index >= 15 is 0 Å². The van der Waals surface area contributed by atoms with E-state index in [1.54, 1.807) is 11.9 Å². The van der Waals surface area contributed by atoms with Gasteiger partial charge in [-0.1, -0.05) is 30.3 Å². The molecule has 0 aliphatic carbocycles. The number of carbonyl (C=O) groups is 2. The molecular formula is C18H25N3O3. The number of nitrogens with zero attached hydrogens (tertiary/aromatic N) is 3. The van der Waals surface area contributed by atoms with Crippen LogP contribution in [0, 0.1) is 0 Å². The molecule has 2 aliphatic rings. The molecule has 3 amide bonds. The van der Waals surface area contributed by atoms with Crippen molar-refractivity contribution in [3.63, 3.8) is 0 Å². The average Bonchev–Trinajstić information content (AvgIpc) is 2.79. The molecule has 1 spiro atoms. The molecule has 24 heavy (non-hydrogen) atoms. The maximum Gasteiger partial charge on any atom is 0.327 e. The van der Waals surface area contributed by atoms with Crippen LogP contribution >= 0.6 is 0 Å².